The molecule has 0 saturated heterocycles. The van der Waals surface area contributed by atoms with Crippen molar-refractivity contribution in [2.24, 2.45) is 0 Å². The summed E-state index contributed by atoms with van der Waals surface area (Å²) in [5.41, 5.74) is 23.4. The van der Waals surface area contributed by atoms with Gasteiger partial charge in [0.1, 0.15) is 5.82 Å². The lowest BCUT2D eigenvalue weighted by Gasteiger charge is -1.91. The van der Waals surface area contributed by atoms with E-state index in [1.165, 1.54) is 6.20 Å². The molecule has 1 aromatic carbocycles. The zero-order valence-corrected chi connectivity index (χ0v) is 8.80. The highest BCUT2D eigenvalue weighted by atomic mass is 14.8. The topological polar surface area (TPSA) is 117 Å². The van der Waals surface area contributed by atoms with Crippen LogP contribution >= 0.6 is 0 Å². The highest BCUT2D eigenvalue weighted by Crippen LogP contribution is 2.06. The molecule has 0 bridgehead atoms. The number of nitrogens with zero attached hydrogens (tertiary/aromatic N) is 1. The molecule has 0 aliphatic carbocycles. The minimum absolute atomic E-state index is 0.499. The standard InChI is InChI=1S/C6H8N2.C5H7N3/c7-5-2-1-3-6(8)4-5;6-4-1-2-5(7)8-3-4/h1-4H,7-8H2;1-3H,6H2,(H2,7,8). The van der Waals surface area contributed by atoms with E-state index in [0.717, 1.165) is 0 Å². The first-order valence-corrected chi connectivity index (χ1v) is 4.66. The van der Waals surface area contributed by atoms with Crippen molar-refractivity contribution in [3.05, 3.63) is 42.6 Å². The third-order valence-electron chi connectivity index (χ3n) is 1.72. The molecule has 2 rings (SSSR count). The molecule has 1 heterocycles. The van der Waals surface area contributed by atoms with Crippen LogP contribution in [-0.2, 0) is 0 Å². The van der Waals surface area contributed by atoms with Crippen molar-refractivity contribution in [1.29, 1.82) is 0 Å². The van der Waals surface area contributed by atoms with Crippen LogP contribution in [-0.4, -0.2) is 4.98 Å². The summed E-state index contributed by atoms with van der Waals surface area (Å²) in [6.07, 6.45) is 1.52. The Morgan fingerprint density at radius 1 is 0.750 bits per heavy atom. The number of nitrogens with two attached hydrogens (primary N) is 4. The van der Waals surface area contributed by atoms with Crippen molar-refractivity contribution >= 4 is 22.9 Å². The second kappa shape index (κ2) is 5.45. The molecule has 84 valence electrons. The zero-order chi connectivity index (χ0) is 12.0. The fraction of sp³-hybridized carbons (Fsp3) is 0. The van der Waals surface area contributed by atoms with E-state index in [9.17, 15) is 0 Å². The van der Waals surface area contributed by atoms with Crippen LogP contribution in [0.3, 0.4) is 0 Å². The van der Waals surface area contributed by atoms with Crippen LogP contribution in [0.5, 0.6) is 0 Å². The van der Waals surface area contributed by atoms with Crippen molar-refractivity contribution in [3.63, 3.8) is 0 Å². The number of hydrogen-bond acceptors (Lipinski definition) is 5. The Balaban J connectivity index is 0.000000160. The van der Waals surface area contributed by atoms with Gasteiger partial charge in [0.05, 0.1) is 11.9 Å². The Kier molecular flexibility index (Phi) is 3.97. The molecule has 0 fully saturated rings. The molecule has 0 unspecified atom stereocenters. The number of benzene rings is 1. The number of pyridine rings is 1. The summed E-state index contributed by atoms with van der Waals surface area (Å²) >= 11 is 0. The quantitative estimate of drug-likeness (QED) is 0.493. The first-order chi connectivity index (χ1) is 7.58. The maximum atomic E-state index is 5.38. The summed E-state index contributed by atoms with van der Waals surface area (Å²) in [5.74, 6) is 0.499. The Bertz CT molecular complexity index is 400. The third kappa shape index (κ3) is 4.19. The van der Waals surface area contributed by atoms with Gasteiger partial charge in [-0.1, -0.05) is 6.07 Å². The van der Waals surface area contributed by atoms with E-state index in [1.54, 1.807) is 30.3 Å². The Labute approximate surface area is 94.1 Å². The van der Waals surface area contributed by atoms with Gasteiger partial charge < -0.3 is 22.9 Å². The van der Waals surface area contributed by atoms with Gasteiger partial charge >= 0.3 is 0 Å². The van der Waals surface area contributed by atoms with Gasteiger partial charge in [0, 0.05) is 11.4 Å². The molecule has 0 aliphatic rings. The van der Waals surface area contributed by atoms with Gasteiger partial charge in [-0.05, 0) is 30.3 Å². The van der Waals surface area contributed by atoms with Gasteiger partial charge in [-0.15, -0.1) is 0 Å². The summed E-state index contributed by atoms with van der Waals surface area (Å²) in [4.78, 5) is 3.73. The van der Waals surface area contributed by atoms with E-state index in [0.29, 0.717) is 22.9 Å². The van der Waals surface area contributed by atoms with Gasteiger partial charge in [-0.3, -0.25) is 0 Å². The first kappa shape index (κ1) is 11.6. The highest BCUT2D eigenvalue weighted by molar-refractivity contribution is 5.50. The smallest absolute Gasteiger partial charge is 0.123 e. The van der Waals surface area contributed by atoms with Crippen molar-refractivity contribution < 1.29 is 0 Å². The summed E-state index contributed by atoms with van der Waals surface area (Å²) < 4.78 is 0. The fourth-order valence-electron chi connectivity index (χ4n) is 0.976. The SMILES string of the molecule is Nc1ccc(N)nc1.Nc1cccc(N)c1. The number of rotatable bonds is 0. The first-order valence-electron chi connectivity index (χ1n) is 4.66. The number of hydrogen-bond donors (Lipinski definition) is 4. The third-order valence-corrected chi connectivity index (χ3v) is 1.72. The largest absolute Gasteiger partial charge is 0.399 e. The maximum Gasteiger partial charge on any atom is 0.123 e. The Morgan fingerprint density at radius 2 is 1.38 bits per heavy atom. The molecule has 2 aromatic rings. The van der Waals surface area contributed by atoms with Crippen LogP contribution in [0.1, 0.15) is 0 Å². The van der Waals surface area contributed by atoms with E-state index < -0.39 is 0 Å². The Hall–Kier alpha value is -2.43. The maximum absolute atomic E-state index is 5.38. The molecule has 0 atom stereocenters. The van der Waals surface area contributed by atoms with Gasteiger partial charge in [0.15, 0.2) is 0 Å². The lowest BCUT2D eigenvalue weighted by Crippen LogP contribution is -1.90. The van der Waals surface area contributed by atoms with Crippen molar-refractivity contribution in [3.8, 4) is 0 Å². The van der Waals surface area contributed by atoms with E-state index in [2.05, 4.69) is 4.98 Å². The van der Waals surface area contributed by atoms with E-state index in [-0.39, 0.29) is 0 Å². The van der Waals surface area contributed by atoms with Crippen molar-refractivity contribution in [1.82, 2.24) is 4.98 Å². The summed E-state index contributed by atoms with van der Waals surface area (Å²) in [6.45, 7) is 0. The minimum Gasteiger partial charge on any atom is -0.399 e. The Morgan fingerprint density at radius 3 is 1.69 bits per heavy atom. The van der Waals surface area contributed by atoms with Crippen LogP contribution in [0.4, 0.5) is 22.9 Å². The van der Waals surface area contributed by atoms with Gasteiger partial charge in [-0.2, -0.15) is 0 Å². The van der Waals surface area contributed by atoms with Crippen LogP contribution < -0.4 is 22.9 Å². The predicted molar refractivity (Wildman–Crippen MR) is 68.3 cm³/mol. The number of aromatic nitrogens is 1. The van der Waals surface area contributed by atoms with E-state index >= 15 is 0 Å². The second-order valence-corrected chi connectivity index (χ2v) is 3.19. The number of anilines is 4. The molecule has 0 radical (unpaired) electrons. The molecule has 0 amide bonds. The van der Waals surface area contributed by atoms with Crippen molar-refractivity contribution in [2.45, 2.75) is 0 Å². The lowest BCUT2D eigenvalue weighted by atomic mass is 10.3. The highest BCUT2D eigenvalue weighted by Gasteiger charge is 1.82. The molecule has 5 heteroatoms. The fourth-order valence-corrected chi connectivity index (χ4v) is 0.976. The number of nitrogen functional groups attached to an aromatic ring is 4. The van der Waals surface area contributed by atoms with Crippen LogP contribution in [0.15, 0.2) is 42.6 Å². The normalized spacial score (nSPS) is 9.00. The molecule has 0 spiro atoms. The van der Waals surface area contributed by atoms with Crippen LogP contribution in [0, 0.1) is 0 Å². The molecule has 8 N–H and O–H groups in total. The molecular weight excluding hydrogens is 202 g/mol. The van der Waals surface area contributed by atoms with Gasteiger partial charge in [-0.25, -0.2) is 4.98 Å². The molecule has 1 aromatic heterocycles. The predicted octanol–water partition coefficient (Wildman–Crippen LogP) is 1.10. The zero-order valence-electron chi connectivity index (χ0n) is 8.80. The van der Waals surface area contributed by atoms with Gasteiger partial charge in [0.25, 0.3) is 0 Å². The summed E-state index contributed by atoms with van der Waals surface area (Å²) in [6, 6.07) is 10.5. The van der Waals surface area contributed by atoms with E-state index in [1.807, 2.05) is 6.07 Å². The van der Waals surface area contributed by atoms with Gasteiger partial charge in [0.2, 0.25) is 0 Å². The molecule has 0 saturated carbocycles. The summed E-state index contributed by atoms with van der Waals surface area (Å²) in [7, 11) is 0. The lowest BCUT2D eigenvalue weighted by molar-refractivity contribution is 1.34. The monoisotopic (exact) mass is 217 g/mol. The average molecular weight is 217 g/mol. The summed E-state index contributed by atoms with van der Waals surface area (Å²) in [5, 5.41) is 0. The molecule has 5 nitrogen and oxygen atoms in total. The minimum atomic E-state index is 0.499. The molecule has 0 aliphatic heterocycles. The molecule has 16 heavy (non-hydrogen) atoms. The molecular formula is C11H15N5. The second-order valence-electron chi connectivity index (χ2n) is 3.19. The van der Waals surface area contributed by atoms with Crippen LogP contribution in [0.25, 0.3) is 0 Å². The average Bonchev–Trinajstić information content (AvgIpc) is 2.23. The van der Waals surface area contributed by atoms with E-state index in [4.69, 9.17) is 22.9 Å². The van der Waals surface area contributed by atoms with Crippen LogP contribution in [0.2, 0.25) is 0 Å². The van der Waals surface area contributed by atoms with Crippen molar-refractivity contribution in [2.75, 3.05) is 22.9 Å².